The van der Waals surface area contributed by atoms with Crippen LogP contribution in [0, 0.1) is 5.92 Å². The Morgan fingerprint density at radius 2 is 2.05 bits per heavy atom. The highest BCUT2D eigenvalue weighted by Crippen LogP contribution is 2.27. The number of alkyl halides is 1. The molecule has 1 aromatic rings. The Labute approximate surface area is 133 Å². The molecule has 2 rings (SSSR count). The second-order valence-electron chi connectivity index (χ2n) is 5.32. The second kappa shape index (κ2) is 7.59. The van der Waals surface area contributed by atoms with Gasteiger partial charge in [0.1, 0.15) is 6.61 Å². The van der Waals surface area contributed by atoms with E-state index in [1.165, 1.54) is 0 Å². The molecule has 4 nitrogen and oxygen atoms in total. The van der Waals surface area contributed by atoms with Gasteiger partial charge in [0.05, 0.1) is 11.4 Å². The van der Waals surface area contributed by atoms with E-state index in [1.807, 2.05) is 30.3 Å². The summed E-state index contributed by atoms with van der Waals surface area (Å²) in [4.78, 5) is 25.8. The molecule has 2 unspecified atom stereocenters. The molecule has 0 N–H and O–H groups in total. The number of amides is 1. The zero-order chi connectivity index (χ0) is 15.2. The number of Topliss-reactive ketones (excluding diaryl/α,β-unsaturated/α-hetero) is 1. The highest BCUT2D eigenvalue weighted by atomic mass is 79.9. The predicted octanol–water partition coefficient (Wildman–Crippen LogP) is 3.39. The van der Waals surface area contributed by atoms with Gasteiger partial charge in [0, 0.05) is 6.54 Å². The van der Waals surface area contributed by atoms with Crippen molar-refractivity contribution in [2.75, 3.05) is 11.9 Å². The molecular weight excluding hydrogens is 334 g/mol. The molecule has 2 atom stereocenters. The van der Waals surface area contributed by atoms with E-state index < -0.39 is 6.09 Å². The molecule has 1 aromatic carbocycles. The number of carbonyl (C=O) groups excluding carboxylic acids is 2. The molecule has 1 heterocycles. The standard InChI is InChI=1S/C16H20BrNO3/c1-2-12-8-14(15(19)9-17)18(10-12)16(20)21-11-13-6-4-3-5-7-13/h3-7,12,14H,2,8-11H2,1H3. The lowest BCUT2D eigenvalue weighted by atomic mass is 10.0. The van der Waals surface area contributed by atoms with E-state index in [4.69, 9.17) is 4.74 Å². The summed E-state index contributed by atoms with van der Waals surface area (Å²) in [6, 6.07) is 9.20. The molecular formula is C16H20BrNO3. The zero-order valence-corrected chi connectivity index (χ0v) is 13.7. The fourth-order valence-electron chi connectivity index (χ4n) is 2.62. The van der Waals surface area contributed by atoms with Crippen LogP contribution in [0.3, 0.4) is 0 Å². The van der Waals surface area contributed by atoms with Crippen molar-refractivity contribution >= 4 is 27.8 Å². The fraction of sp³-hybridized carbons (Fsp3) is 0.500. The first-order chi connectivity index (χ1) is 10.2. The van der Waals surface area contributed by atoms with Crippen molar-refractivity contribution < 1.29 is 14.3 Å². The maximum Gasteiger partial charge on any atom is 0.410 e. The van der Waals surface area contributed by atoms with Crippen molar-refractivity contribution in [3.63, 3.8) is 0 Å². The monoisotopic (exact) mass is 353 g/mol. The van der Waals surface area contributed by atoms with E-state index in [9.17, 15) is 9.59 Å². The molecule has 114 valence electrons. The molecule has 0 saturated carbocycles. The normalized spacial score (nSPS) is 21.3. The minimum absolute atomic E-state index is 0.0441. The highest BCUT2D eigenvalue weighted by molar-refractivity contribution is 9.09. The molecule has 1 fully saturated rings. The van der Waals surface area contributed by atoms with Gasteiger partial charge in [-0.2, -0.15) is 0 Å². The maximum atomic E-state index is 12.2. The predicted molar refractivity (Wildman–Crippen MR) is 84.3 cm³/mol. The first kappa shape index (κ1) is 16.0. The van der Waals surface area contributed by atoms with Gasteiger partial charge in [0.15, 0.2) is 5.78 Å². The molecule has 1 amide bonds. The van der Waals surface area contributed by atoms with Gasteiger partial charge >= 0.3 is 6.09 Å². The molecule has 1 aliphatic rings. The van der Waals surface area contributed by atoms with Crippen LogP contribution < -0.4 is 0 Å². The summed E-state index contributed by atoms with van der Waals surface area (Å²) in [5, 5.41) is 0.274. The van der Waals surface area contributed by atoms with Gasteiger partial charge in [-0.1, -0.05) is 59.6 Å². The van der Waals surface area contributed by atoms with Gasteiger partial charge in [-0.25, -0.2) is 4.79 Å². The summed E-state index contributed by atoms with van der Waals surface area (Å²) in [5.74, 6) is 0.421. The van der Waals surface area contributed by atoms with E-state index in [0.717, 1.165) is 18.4 Å². The van der Waals surface area contributed by atoms with Crippen LogP contribution in [-0.4, -0.2) is 34.7 Å². The van der Waals surface area contributed by atoms with Crippen LogP contribution in [0.4, 0.5) is 4.79 Å². The number of halogens is 1. The summed E-state index contributed by atoms with van der Waals surface area (Å²) in [7, 11) is 0. The highest BCUT2D eigenvalue weighted by Gasteiger charge is 2.38. The first-order valence-corrected chi connectivity index (χ1v) is 8.33. The minimum Gasteiger partial charge on any atom is -0.445 e. The van der Waals surface area contributed by atoms with Crippen molar-refractivity contribution in [3.8, 4) is 0 Å². The van der Waals surface area contributed by atoms with Crippen LogP contribution in [0.5, 0.6) is 0 Å². The summed E-state index contributed by atoms with van der Waals surface area (Å²) < 4.78 is 5.35. The molecule has 0 aromatic heterocycles. The fourth-order valence-corrected chi connectivity index (χ4v) is 2.99. The Kier molecular flexibility index (Phi) is 5.79. The summed E-state index contributed by atoms with van der Waals surface area (Å²) in [5.41, 5.74) is 0.945. The number of rotatable bonds is 5. The second-order valence-corrected chi connectivity index (χ2v) is 5.88. The third-order valence-corrected chi connectivity index (χ3v) is 4.46. The van der Waals surface area contributed by atoms with Gasteiger partial charge in [-0.05, 0) is 17.9 Å². The number of ether oxygens (including phenoxy) is 1. The largest absolute Gasteiger partial charge is 0.445 e. The van der Waals surface area contributed by atoms with Crippen LogP contribution in [0.1, 0.15) is 25.3 Å². The Balaban J connectivity index is 1.97. The number of ketones is 1. The molecule has 0 aliphatic carbocycles. The van der Waals surface area contributed by atoms with Crippen LogP contribution >= 0.6 is 15.9 Å². The first-order valence-electron chi connectivity index (χ1n) is 7.21. The van der Waals surface area contributed by atoms with Crippen molar-refractivity contribution in [1.82, 2.24) is 4.90 Å². The van der Waals surface area contributed by atoms with Gasteiger partial charge in [-0.15, -0.1) is 0 Å². The minimum atomic E-state index is -0.394. The lowest BCUT2D eigenvalue weighted by Gasteiger charge is -2.22. The molecule has 1 aliphatic heterocycles. The van der Waals surface area contributed by atoms with Gasteiger partial charge in [0.2, 0.25) is 0 Å². The van der Waals surface area contributed by atoms with Crippen LogP contribution in [0.2, 0.25) is 0 Å². The Hall–Kier alpha value is -1.36. The van der Waals surface area contributed by atoms with Crippen molar-refractivity contribution in [3.05, 3.63) is 35.9 Å². The molecule has 1 saturated heterocycles. The van der Waals surface area contributed by atoms with Crippen molar-refractivity contribution in [2.45, 2.75) is 32.4 Å². The lowest BCUT2D eigenvalue weighted by molar-refractivity contribution is -0.120. The molecule has 21 heavy (non-hydrogen) atoms. The van der Waals surface area contributed by atoms with Gasteiger partial charge in [-0.3, -0.25) is 9.69 Å². The SMILES string of the molecule is CCC1CC(C(=O)CBr)N(C(=O)OCc2ccccc2)C1. The lowest BCUT2D eigenvalue weighted by Crippen LogP contribution is -2.41. The van der Waals surface area contributed by atoms with E-state index in [2.05, 4.69) is 22.9 Å². The third-order valence-electron chi connectivity index (χ3n) is 3.91. The Bertz CT molecular complexity index is 492. The zero-order valence-electron chi connectivity index (χ0n) is 12.1. The summed E-state index contributed by atoms with van der Waals surface area (Å²) in [6.07, 6.45) is 1.31. The van der Waals surface area contributed by atoms with Crippen molar-refractivity contribution in [1.29, 1.82) is 0 Å². The van der Waals surface area contributed by atoms with Crippen LogP contribution in [0.25, 0.3) is 0 Å². The van der Waals surface area contributed by atoms with E-state index in [0.29, 0.717) is 12.5 Å². The van der Waals surface area contributed by atoms with E-state index in [1.54, 1.807) is 4.90 Å². The molecule has 0 radical (unpaired) electrons. The number of hydrogen-bond acceptors (Lipinski definition) is 3. The maximum absolute atomic E-state index is 12.2. The van der Waals surface area contributed by atoms with Crippen LogP contribution in [0.15, 0.2) is 30.3 Å². The quantitative estimate of drug-likeness (QED) is 0.762. The number of hydrogen-bond donors (Lipinski definition) is 0. The van der Waals surface area contributed by atoms with Crippen molar-refractivity contribution in [2.24, 2.45) is 5.92 Å². The molecule has 0 bridgehead atoms. The number of benzene rings is 1. The van der Waals surface area contributed by atoms with Crippen LogP contribution in [-0.2, 0) is 16.1 Å². The van der Waals surface area contributed by atoms with E-state index >= 15 is 0 Å². The molecule has 5 heteroatoms. The number of likely N-dealkylation sites (tertiary alicyclic amines) is 1. The average Bonchev–Trinajstić information content (AvgIpc) is 2.97. The smallest absolute Gasteiger partial charge is 0.410 e. The topological polar surface area (TPSA) is 46.6 Å². The third kappa shape index (κ3) is 4.06. The van der Waals surface area contributed by atoms with E-state index in [-0.39, 0.29) is 23.8 Å². The average molecular weight is 354 g/mol. The van der Waals surface area contributed by atoms with Gasteiger partial charge in [0.25, 0.3) is 0 Å². The Morgan fingerprint density at radius 1 is 1.33 bits per heavy atom. The summed E-state index contributed by atoms with van der Waals surface area (Å²) in [6.45, 7) is 2.93. The molecule has 0 spiro atoms. The summed E-state index contributed by atoms with van der Waals surface area (Å²) >= 11 is 3.19. The number of carbonyl (C=O) groups is 2. The van der Waals surface area contributed by atoms with Gasteiger partial charge < -0.3 is 4.74 Å². The number of nitrogens with zero attached hydrogens (tertiary/aromatic N) is 1. The Morgan fingerprint density at radius 3 is 2.67 bits per heavy atom.